The molecule has 0 aliphatic carbocycles. The molecular formula is C24H33NO3. The molecule has 152 valence electrons. The highest BCUT2D eigenvalue weighted by atomic mass is 16.5. The van der Waals surface area contributed by atoms with E-state index in [2.05, 4.69) is 31.3 Å². The number of methoxy groups -OCH3 is 1. The van der Waals surface area contributed by atoms with Crippen molar-refractivity contribution >= 4 is 5.97 Å². The molecule has 0 radical (unpaired) electrons. The van der Waals surface area contributed by atoms with Gasteiger partial charge in [0.05, 0.1) is 13.0 Å². The number of carbonyl (C=O) groups excluding carboxylic acids is 1. The molecule has 2 aromatic carbocycles. The summed E-state index contributed by atoms with van der Waals surface area (Å²) in [5.41, 5.74) is 1.53. The summed E-state index contributed by atoms with van der Waals surface area (Å²) in [6.45, 7) is 7.93. The molecule has 2 aromatic rings. The van der Waals surface area contributed by atoms with Crippen molar-refractivity contribution in [2.75, 3.05) is 7.11 Å². The summed E-state index contributed by atoms with van der Waals surface area (Å²) in [5.74, 6) is -0.513. The predicted octanol–water partition coefficient (Wildman–Crippen LogP) is 4.52. The van der Waals surface area contributed by atoms with E-state index in [9.17, 15) is 9.90 Å². The molecule has 0 aliphatic rings. The van der Waals surface area contributed by atoms with Gasteiger partial charge in [-0.2, -0.15) is 0 Å². The molecule has 0 saturated heterocycles. The first kappa shape index (κ1) is 22.1. The zero-order valence-electron chi connectivity index (χ0n) is 17.7. The summed E-state index contributed by atoms with van der Waals surface area (Å²) in [6, 6.07) is 17.9. The zero-order valence-corrected chi connectivity index (χ0v) is 17.7. The van der Waals surface area contributed by atoms with E-state index in [-0.39, 0.29) is 17.4 Å². The van der Waals surface area contributed by atoms with Crippen molar-refractivity contribution in [3.8, 4) is 0 Å². The van der Waals surface area contributed by atoms with Gasteiger partial charge in [-0.25, -0.2) is 0 Å². The van der Waals surface area contributed by atoms with E-state index in [1.54, 1.807) is 6.92 Å². The fourth-order valence-electron chi connectivity index (χ4n) is 3.62. The number of aryl methyl sites for hydroxylation is 1. The summed E-state index contributed by atoms with van der Waals surface area (Å²) < 4.78 is 4.88. The zero-order chi connectivity index (χ0) is 20.8. The number of nitrogens with one attached hydrogen (secondary N) is 1. The molecule has 0 aromatic heterocycles. The number of aliphatic hydroxyl groups is 1. The van der Waals surface area contributed by atoms with Crippen LogP contribution in [0.15, 0.2) is 54.6 Å². The van der Waals surface area contributed by atoms with E-state index >= 15 is 0 Å². The molecule has 4 nitrogen and oxygen atoms in total. The van der Waals surface area contributed by atoms with Crippen LogP contribution in [-0.4, -0.2) is 23.7 Å². The fraction of sp³-hybridized carbons (Fsp3) is 0.458. The van der Waals surface area contributed by atoms with Crippen LogP contribution in [0, 0.1) is 0 Å². The average molecular weight is 384 g/mol. The summed E-state index contributed by atoms with van der Waals surface area (Å²) in [5, 5.41) is 14.4. The SMILES string of the molecule is CCC(C(=O)OC)c1ccc(C(C)(O)NC(C)(C)CCc2ccccc2)cc1. The number of hydrogen-bond acceptors (Lipinski definition) is 4. The molecule has 0 spiro atoms. The smallest absolute Gasteiger partial charge is 0.313 e. The third-order valence-corrected chi connectivity index (χ3v) is 5.23. The molecule has 0 saturated carbocycles. The molecule has 0 fully saturated rings. The van der Waals surface area contributed by atoms with Crippen LogP contribution in [-0.2, 0) is 21.7 Å². The monoisotopic (exact) mass is 383 g/mol. The number of ether oxygens (including phenoxy) is 1. The first-order chi connectivity index (χ1) is 13.2. The lowest BCUT2D eigenvalue weighted by atomic mass is 9.90. The second-order valence-electron chi connectivity index (χ2n) is 8.17. The average Bonchev–Trinajstić information content (AvgIpc) is 2.67. The van der Waals surface area contributed by atoms with E-state index in [0.29, 0.717) is 6.42 Å². The highest BCUT2D eigenvalue weighted by Gasteiger charge is 2.31. The Balaban J connectivity index is 2.07. The van der Waals surface area contributed by atoms with Crippen LogP contribution < -0.4 is 5.32 Å². The Labute approximate surface area is 168 Å². The van der Waals surface area contributed by atoms with E-state index in [4.69, 9.17) is 4.74 Å². The molecule has 0 heterocycles. The van der Waals surface area contributed by atoms with Gasteiger partial charge >= 0.3 is 5.97 Å². The maximum absolute atomic E-state index is 11.9. The quantitative estimate of drug-likeness (QED) is 0.494. The van der Waals surface area contributed by atoms with Crippen molar-refractivity contribution < 1.29 is 14.6 Å². The first-order valence-electron chi connectivity index (χ1n) is 9.92. The van der Waals surface area contributed by atoms with E-state index in [1.165, 1.54) is 12.7 Å². The molecule has 2 rings (SSSR count). The van der Waals surface area contributed by atoms with Crippen molar-refractivity contribution in [2.24, 2.45) is 0 Å². The van der Waals surface area contributed by atoms with E-state index in [0.717, 1.165) is 24.0 Å². The predicted molar refractivity (Wildman–Crippen MR) is 113 cm³/mol. The van der Waals surface area contributed by atoms with Crippen molar-refractivity contribution in [3.63, 3.8) is 0 Å². The van der Waals surface area contributed by atoms with Gasteiger partial charge in [0.25, 0.3) is 0 Å². The van der Waals surface area contributed by atoms with Crippen molar-refractivity contribution in [2.45, 2.75) is 64.1 Å². The number of hydrogen-bond donors (Lipinski definition) is 2. The van der Waals surface area contributed by atoms with Gasteiger partial charge in [-0.1, -0.05) is 61.5 Å². The third kappa shape index (κ3) is 5.91. The first-order valence-corrected chi connectivity index (χ1v) is 9.92. The number of rotatable bonds is 9. The Kier molecular flexibility index (Phi) is 7.39. The minimum atomic E-state index is -1.17. The van der Waals surface area contributed by atoms with Gasteiger partial charge in [-0.15, -0.1) is 0 Å². The Hall–Kier alpha value is -2.17. The van der Waals surface area contributed by atoms with Crippen LogP contribution in [0.25, 0.3) is 0 Å². The van der Waals surface area contributed by atoms with Crippen molar-refractivity contribution in [1.29, 1.82) is 0 Å². The fourth-order valence-corrected chi connectivity index (χ4v) is 3.62. The number of benzene rings is 2. The summed E-state index contributed by atoms with van der Waals surface area (Å²) >= 11 is 0. The summed E-state index contributed by atoms with van der Waals surface area (Å²) in [7, 11) is 1.41. The van der Waals surface area contributed by atoms with Crippen LogP contribution in [0.5, 0.6) is 0 Å². The highest BCUT2D eigenvalue weighted by Crippen LogP contribution is 2.27. The Morgan fingerprint density at radius 3 is 2.21 bits per heavy atom. The van der Waals surface area contributed by atoms with Gasteiger partial charge in [0, 0.05) is 5.54 Å². The second-order valence-corrected chi connectivity index (χ2v) is 8.17. The molecule has 2 N–H and O–H groups in total. The number of carbonyl (C=O) groups is 1. The maximum atomic E-state index is 11.9. The Morgan fingerprint density at radius 2 is 1.68 bits per heavy atom. The minimum Gasteiger partial charge on any atom is -0.469 e. The van der Waals surface area contributed by atoms with Crippen LogP contribution >= 0.6 is 0 Å². The summed E-state index contributed by atoms with van der Waals surface area (Å²) in [4.78, 5) is 11.9. The van der Waals surface area contributed by atoms with Crippen LogP contribution in [0.2, 0.25) is 0 Å². The van der Waals surface area contributed by atoms with Crippen LogP contribution in [0.4, 0.5) is 0 Å². The Morgan fingerprint density at radius 1 is 1.07 bits per heavy atom. The van der Waals surface area contributed by atoms with E-state index < -0.39 is 5.72 Å². The molecule has 0 bridgehead atoms. The largest absolute Gasteiger partial charge is 0.469 e. The van der Waals surface area contributed by atoms with Gasteiger partial charge in [0.2, 0.25) is 0 Å². The second kappa shape index (κ2) is 9.35. The van der Waals surface area contributed by atoms with Crippen molar-refractivity contribution in [1.82, 2.24) is 5.32 Å². The topological polar surface area (TPSA) is 58.6 Å². The van der Waals surface area contributed by atoms with Gasteiger partial charge in [-0.3, -0.25) is 10.1 Å². The lowest BCUT2D eigenvalue weighted by molar-refractivity contribution is -0.142. The van der Waals surface area contributed by atoms with Crippen molar-refractivity contribution in [3.05, 3.63) is 71.3 Å². The molecule has 28 heavy (non-hydrogen) atoms. The van der Waals surface area contributed by atoms with Crippen LogP contribution in [0.1, 0.15) is 63.1 Å². The third-order valence-electron chi connectivity index (χ3n) is 5.23. The minimum absolute atomic E-state index is 0.234. The van der Waals surface area contributed by atoms with Crippen LogP contribution in [0.3, 0.4) is 0 Å². The lowest BCUT2D eigenvalue weighted by Gasteiger charge is -2.36. The highest BCUT2D eigenvalue weighted by molar-refractivity contribution is 5.77. The standard InChI is InChI=1S/C24H33NO3/c1-6-21(22(26)28-5)19-12-14-20(15-13-19)24(4,27)25-23(2,3)17-16-18-10-8-7-9-11-18/h7-15,21,25,27H,6,16-17H2,1-5H3. The lowest BCUT2D eigenvalue weighted by Crippen LogP contribution is -2.52. The molecule has 0 aliphatic heterocycles. The molecular weight excluding hydrogens is 350 g/mol. The Bertz CT molecular complexity index is 751. The summed E-state index contributed by atoms with van der Waals surface area (Å²) in [6.07, 6.45) is 2.51. The molecule has 2 atom stereocenters. The number of esters is 1. The van der Waals surface area contributed by atoms with Gasteiger partial charge in [-0.05, 0) is 56.7 Å². The molecule has 2 unspecified atom stereocenters. The molecule has 0 amide bonds. The van der Waals surface area contributed by atoms with Gasteiger partial charge in [0.15, 0.2) is 0 Å². The van der Waals surface area contributed by atoms with Gasteiger partial charge < -0.3 is 9.84 Å². The van der Waals surface area contributed by atoms with Gasteiger partial charge in [0.1, 0.15) is 5.72 Å². The molecule has 4 heteroatoms. The normalized spacial score (nSPS) is 14.9. The maximum Gasteiger partial charge on any atom is 0.313 e. The van der Waals surface area contributed by atoms with E-state index in [1.807, 2.05) is 49.4 Å².